The Hall–Kier alpha value is -3.25. The first-order valence-corrected chi connectivity index (χ1v) is 10.7. The van der Waals surface area contributed by atoms with Crippen LogP contribution >= 0.6 is 0 Å². The largest absolute Gasteiger partial charge is 0.379 e. The van der Waals surface area contributed by atoms with Crippen LogP contribution < -0.4 is 10.3 Å². The van der Waals surface area contributed by atoms with Gasteiger partial charge in [-0.2, -0.15) is 0 Å². The number of halogens is 1. The van der Waals surface area contributed by atoms with Crippen molar-refractivity contribution in [3.63, 3.8) is 0 Å². The first kappa shape index (κ1) is 19.1. The summed E-state index contributed by atoms with van der Waals surface area (Å²) in [6.45, 7) is 2.41. The zero-order valence-electron chi connectivity index (χ0n) is 15.8. The molecule has 4 rings (SSSR count). The molecule has 0 radical (unpaired) electrons. The third-order valence-electron chi connectivity index (χ3n) is 4.79. The fourth-order valence-corrected chi connectivity index (χ4v) is 4.65. The average Bonchev–Trinajstić information content (AvgIpc) is 2.73. The van der Waals surface area contributed by atoms with Crippen molar-refractivity contribution in [2.24, 2.45) is 0 Å². The lowest BCUT2D eigenvalue weighted by molar-refractivity contribution is -0.347. The highest BCUT2D eigenvalue weighted by Crippen LogP contribution is 2.32. The van der Waals surface area contributed by atoms with Gasteiger partial charge < -0.3 is 5.32 Å². The number of nitrogens with one attached hydrogen (secondary N) is 2. The Morgan fingerprint density at radius 3 is 2.41 bits per heavy atom. The maximum absolute atomic E-state index is 14.0. The zero-order valence-corrected chi connectivity index (χ0v) is 16.6. The molecule has 0 amide bonds. The minimum absolute atomic E-state index is 0.0777. The highest BCUT2D eigenvalue weighted by atomic mass is 32.2. The molecule has 146 valence electrons. The van der Waals surface area contributed by atoms with Crippen molar-refractivity contribution in [1.82, 2.24) is 0 Å². The highest BCUT2D eigenvalue weighted by molar-refractivity contribution is 7.91. The molecular weight excluding hydrogens is 387 g/mol. The van der Waals surface area contributed by atoms with E-state index in [4.69, 9.17) is 0 Å². The molecule has 0 aliphatic heterocycles. The summed E-state index contributed by atoms with van der Waals surface area (Å²) in [5.74, 6) is -0.432. The van der Waals surface area contributed by atoms with Gasteiger partial charge in [0.25, 0.3) is 0 Å². The van der Waals surface area contributed by atoms with E-state index in [1.165, 1.54) is 18.3 Å². The topological polar surface area (TPSA) is 60.3 Å². The Bertz CT molecular complexity index is 1270. The molecule has 4 aromatic rings. The van der Waals surface area contributed by atoms with Crippen molar-refractivity contribution >= 4 is 26.4 Å². The number of fused-ring (bicyclic) bond motifs is 1. The summed E-state index contributed by atoms with van der Waals surface area (Å²) in [6.07, 6.45) is 1.46. The highest BCUT2D eigenvalue weighted by Gasteiger charge is 2.26. The van der Waals surface area contributed by atoms with Crippen LogP contribution in [0.1, 0.15) is 11.1 Å². The maximum atomic E-state index is 14.0. The lowest BCUT2D eigenvalue weighted by Crippen LogP contribution is -2.15. The maximum Gasteiger partial charge on any atom is 0.214 e. The van der Waals surface area contributed by atoms with Crippen LogP contribution in [-0.2, 0) is 16.4 Å². The molecule has 6 heteroatoms. The number of H-pyrrole nitrogens is 1. The molecule has 0 unspecified atom stereocenters. The first-order valence-electron chi connectivity index (χ1n) is 9.19. The van der Waals surface area contributed by atoms with Crippen LogP contribution in [-0.4, -0.2) is 8.42 Å². The summed E-state index contributed by atoms with van der Waals surface area (Å²) in [7, 11) is -3.80. The Kier molecular flexibility index (Phi) is 5.03. The molecule has 1 aromatic heterocycles. The van der Waals surface area contributed by atoms with Crippen LogP contribution in [0.4, 0.5) is 10.1 Å². The van der Waals surface area contributed by atoms with Crippen molar-refractivity contribution in [1.29, 1.82) is 0 Å². The van der Waals surface area contributed by atoms with E-state index in [2.05, 4.69) is 10.3 Å². The van der Waals surface area contributed by atoms with E-state index in [0.717, 1.165) is 11.1 Å². The lowest BCUT2D eigenvalue weighted by atomic mass is 10.1. The van der Waals surface area contributed by atoms with E-state index in [0.29, 0.717) is 23.1 Å². The molecule has 0 spiro atoms. The van der Waals surface area contributed by atoms with Gasteiger partial charge in [0, 0.05) is 12.6 Å². The number of benzene rings is 3. The monoisotopic (exact) mass is 407 g/mol. The molecular formula is C23H20FN2O2S+. The van der Waals surface area contributed by atoms with Crippen LogP contribution in [0.15, 0.2) is 88.8 Å². The zero-order chi connectivity index (χ0) is 20.4. The second kappa shape index (κ2) is 7.64. The van der Waals surface area contributed by atoms with Crippen molar-refractivity contribution in [3.8, 4) is 0 Å². The van der Waals surface area contributed by atoms with Gasteiger partial charge in [-0.1, -0.05) is 48.0 Å². The van der Waals surface area contributed by atoms with Gasteiger partial charge in [0.2, 0.25) is 15.4 Å². The van der Waals surface area contributed by atoms with Gasteiger partial charge in [-0.3, -0.25) is 0 Å². The third kappa shape index (κ3) is 3.84. The first-order chi connectivity index (χ1) is 13.9. The van der Waals surface area contributed by atoms with Gasteiger partial charge in [-0.15, -0.1) is 0 Å². The second-order valence-corrected chi connectivity index (χ2v) is 8.79. The van der Waals surface area contributed by atoms with E-state index in [9.17, 15) is 12.8 Å². The van der Waals surface area contributed by atoms with Gasteiger partial charge in [0.05, 0.1) is 16.0 Å². The van der Waals surface area contributed by atoms with E-state index >= 15 is 0 Å². The molecule has 3 aromatic carbocycles. The minimum atomic E-state index is -3.80. The Morgan fingerprint density at radius 2 is 1.69 bits per heavy atom. The van der Waals surface area contributed by atoms with E-state index in [1.54, 1.807) is 36.4 Å². The Balaban J connectivity index is 1.85. The molecule has 0 saturated carbocycles. The molecule has 0 saturated heterocycles. The fourth-order valence-electron chi connectivity index (χ4n) is 3.21. The minimum Gasteiger partial charge on any atom is -0.379 e. The lowest BCUT2D eigenvalue weighted by Gasteiger charge is -2.13. The molecule has 0 fully saturated rings. The molecule has 0 atom stereocenters. The van der Waals surface area contributed by atoms with E-state index in [1.807, 2.05) is 31.2 Å². The summed E-state index contributed by atoms with van der Waals surface area (Å²) in [5.41, 5.74) is 3.16. The van der Waals surface area contributed by atoms with Crippen LogP contribution in [0.3, 0.4) is 0 Å². The predicted octanol–water partition coefficient (Wildman–Crippen LogP) is 4.55. The van der Waals surface area contributed by atoms with Gasteiger partial charge >= 0.3 is 0 Å². The number of sulfone groups is 1. The van der Waals surface area contributed by atoms with Gasteiger partial charge in [-0.25, -0.2) is 17.8 Å². The number of aromatic nitrogens is 1. The Labute approximate surface area is 169 Å². The number of aryl methyl sites for hydroxylation is 1. The summed E-state index contributed by atoms with van der Waals surface area (Å²) in [4.78, 5) is 3.24. The third-order valence-corrected chi connectivity index (χ3v) is 6.58. The van der Waals surface area contributed by atoms with Gasteiger partial charge in [0.15, 0.2) is 11.1 Å². The molecule has 0 aliphatic carbocycles. The van der Waals surface area contributed by atoms with E-state index in [-0.39, 0.29) is 9.79 Å². The number of pyridine rings is 1. The molecule has 1 heterocycles. The molecule has 29 heavy (non-hydrogen) atoms. The molecule has 0 aliphatic rings. The van der Waals surface area contributed by atoms with Crippen molar-refractivity contribution in [2.45, 2.75) is 23.3 Å². The number of aromatic amines is 1. The van der Waals surface area contributed by atoms with Crippen LogP contribution in [0.2, 0.25) is 0 Å². The van der Waals surface area contributed by atoms with Gasteiger partial charge in [-0.05, 0) is 36.8 Å². The number of anilines is 1. The summed E-state index contributed by atoms with van der Waals surface area (Å²) < 4.78 is 40.6. The van der Waals surface area contributed by atoms with Crippen molar-refractivity contribution < 1.29 is 17.8 Å². The number of rotatable bonds is 5. The number of hydrogen-bond acceptors (Lipinski definition) is 3. The fraction of sp³-hybridized carbons (Fsp3) is 0.0870. The average molecular weight is 407 g/mol. The van der Waals surface area contributed by atoms with E-state index < -0.39 is 15.7 Å². The smallest absolute Gasteiger partial charge is 0.214 e. The second-order valence-electron chi connectivity index (χ2n) is 6.87. The summed E-state index contributed by atoms with van der Waals surface area (Å²) in [6, 6.07) is 20.4. The standard InChI is InChI=1S/C23H19FN2O2S/c1-16-7-9-17(10-8-16)14-26-23-20-13-18(24)11-12-21(20)25-15-22(23)29(27,28)19-5-3-2-4-6-19/h2-13,15H,14H2,1H3,(H,25,26)/p+1. The van der Waals surface area contributed by atoms with Gasteiger partial charge in [0.1, 0.15) is 5.82 Å². The van der Waals surface area contributed by atoms with Crippen molar-refractivity contribution in [3.05, 3.63) is 95.9 Å². The summed E-state index contributed by atoms with van der Waals surface area (Å²) >= 11 is 0. The van der Waals surface area contributed by atoms with Crippen LogP contribution in [0.5, 0.6) is 0 Å². The quantitative estimate of drug-likeness (QED) is 0.528. The van der Waals surface area contributed by atoms with Crippen LogP contribution in [0, 0.1) is 12.7 Å². The predicted molar refractivity (Wildman–Crippen MR) is 111 cm³/mol. The molecule has 4 nitrogen and oxygen atoms in total. The molecule has 0 bridgehead atoms. The normalized spacial score (nSPS) is 11.5. The summed E-state index contributed by atoms with van der Waals surface area (Å²) in [5, 5.41) is 3.71. The van der Waals surface area contributed by atoms with Crippen molar-refractivity contribution in [2.75, 3.05) is 5.32 Å². The Morgan fingerprint density at radius 1 is 0.966 bits per heavy atom. The van der Waals surface area contributed by atoms with Crippen LogP contribution in [0.25, 0.3) is 10.9 Å². The SMILES string of the molecule is Cc1ccc(CNc2c(S(=O)(=O)c3ccccc3)c[nH+]c3ccc(F)cc23)cc1. The molecule has 2 N–H and O–H groups in total. The number of hydrogen-bond donors (Lipinski definition) is 1.